The lowest BCUT2D eigenvalue weighted by molar-refractivity contribution is -0.161. The first-order valence-electron chi connectivity index (χ1n) is 15.7. The number of aliphatic carboxylic acids is 2. The van der Waals surface area contributed by atoms with Gasteiger partial charge in [-0.15, -0.1) is 23.1 Å². The standard InChI is InChI=1S/C34H30N8O8S3/c1-34(2,32(47)48)50-40-22(21-16-52-33(36)38-21)26(43)39-23-29(44)42-24(31(45)46)19(15-51-30(23)42)14-37-28-20(13-35)27(41-53-28)49-25(17-9-5-3-6-10-17)18-11-7-4-8-12-18/h3-12,16,23,25,30,37H,14-15H2,1-2H3,(H2,36,38)(H,39,43)(H,45,46)(H,47,48)/b40-22-/t23?,30-/m0/s1. The van der Waals surface area contributed by atoms with Crippen LogP contribution in [-0.2, 0) is 24.0 Å². The summed E-state index contributed by atoms with van der Waals surface area (Å²) in [4.78, 5) is 61.1. The van der Waals surface area contributed by atoms with Crippen molar-refractivity contribution in [2.45, 2.75) is 37.0 Å². The number of carbonyl (C=O) groups excluding carboxylic acids is 2. The molecule has 4 heterocycles. The van der Waals surface area contributed by atoms with Gasteiger partial charge in [-0.25, -0.2) is 14.6 Å². The van der Waals surface area contributed by atoms with Crippen LogP contribution in [0.2, 0.25) is 0 Å². The van der Waals surface area contributed by atoms with Gasteiger partial charge in [0.1, 0.15) is 39.4 Å². The van der Waals surface area contributed by atoms with Crippen molar-refractivity contribution in [2.24, 2.45) is 5.16 Å². The van der Waals surface area contributed by atoms with Gasteiger partial charge in [-0.1, -0.05) is 65.8 Å². The number of β-lactam (4-membered cyclic amide) rings is 1. The normalized spacial score (nSPS) is 17.1. The average molecular weight is 775 g/mol. The topological polar surface area (TPSA) is 242 Å². The van der Waals surface area contributed by atoms with E-state index in [1.54, 1.807) is 0 Å². The fourth-order valence-electron chi connectivity index (χ4n) is 5.29. The smallest absolute Gasteiger partial charge is 0.352 e. The molecule has 272 valence electrons. The lowest BCUT2D eigenvalue weighted by atomic mass is 10.0. The van der Waals surface area contributed by atoms with Crippen LogP contribution in [0.25, 0.3) is 0 Å². The Morgan fingerprint density at radius 3 is 2.36 bits per heavy atom. The van der Waals surface area contributed by atoms with Crippen molar-refractivity contribution >= 4 is 74.2 Å². The number of anilines is 2. The highest BCUT2D eigenvalue weighted by Gasteiger charge is 2.54. The Bertz CT molecular complexity index is 2120. The number of oxime groups is 1. The average Bonchev–Trinajstić information content (AvgIpc) is 3.76. The van der Waals surface area contributed by atoms with Gasteiger partial charge < -0.3 is 36.2 Å². The maximum absolute atomic E-state index is 13.4. The Morgan fingerprint density at radius 2 is 1.79 bits per heavy atom. The van der Waals surface area contributed by atoms with Crippen LogP contribution < -0.4 is 21.1 Å². The number of amides is 2. The zero-order chi connectivity index (χ0) is 37.9. The molecule has 2 amide bonds. The number of hydrogen-bond donors (Lipinski definition) is 5. The quantitative estimate of drug-likeness (QED) is 0.0698. The van der Waals surface area contributed by atoms with Crippen LogP contribution in [0.1, 0.15) is 42.3 Å². The Balaban J connectivity index is 1.18. The maximum Gasteiger partial charge on any atom is 0.352 e. The minimum absolute atomic E-state index is 0.00499. The third-order valence-corrected chi connectivity index (χ3v) is 10.9. The molecular formula is C34H30N8O8S3. The van der Waals surface area contributed by atoms with Crippen molar-refractivity contribution in [2.75, 3.05) is 23.3 Å². The fourth-order valence-corrected chi connectivity index (χ4v) is 7.85. The first kappa shape index (κ1) is 36.8. The summed E-state index contributed by atoms with van der Waals surface area (Å²) in [5.41, 5.74) is 5.48. The predicted molar refractivity (Wildman–Crippen MR) is 196 cm³/mol. The number of thiazole rings is 1. The van der Waals surface area contributed by atoms with Gasteiger partial charge in [0.15, 0.2) is 16.9 Å². The zero-order valence-corrected chi connectivity index (χ0v) is 30.3. The summed E-state index contributed by atoms with van der Waals surface area (Å²) in [6, 6.07) is 20.0. The Kier molecular flexibility index (Phi) is 10.6. The monoisotopic (exact) mass is 774 g/mol. The zero-order valence-electron chi connectivity index (χ0n) is 27.9. The maximum atomic E-state index is 13.4. The lowest BCUT2D eigenvalue weighted by Gasteiger charge is -2.49. The van der Waals surface area contributed by atoms with Gasteiger partial charge in [-0.05, 0) is 42.1 Å². The number of carboxylic acid groups (broad SMARTS) is 2. The number of nitrogens with two attached hydrogens (primary N) is 1. The highest BCUT2D eigenvalue weighted by molar-refractivity contribution is 8.00. The first-order chi connectivity index (χ1) is 25.4. The van der Waals surface area contributed by atoms with Crippen LogP contribution in [-0.4, -0.2) is 83.2 Å². The molecule has 0 spiro atoms. The third-order valence-electron chi connectivity index (χ3n) is 8.07. The Labute approximate surface area is 314 Å². The van der Waals surface area contributed by atoms with E-state index >= 15 is 0 Å². The minimum atomic E-state index is -1.80. The van der Waals surface area contributed by atoms with Crippen LogP contribution >= 0.6 is 34.6 Å². The second kappa shape index (κ2) is 15.3. The molecule has 2 aliphatic heterocycles. The van der Waals surface area contributed by atoms with E-state index < -0.39 is 52.6 Å². The third kappa shape index (κ3) is 7.65. The summed E-state index contributed by atoms with van der Waals surface area (Å²) in [6.07, 6.45) is -0.551. The van der Waals surface area contributed by atoms with Crippen LogP contribution in [0.4, 0.5) is 10.1 Å². The molecule has 6 N–H and O–H groups in total. The molecule has 2 aromatic carbocycles. The summed E-state index contributed by atoms with van der Waals surface area (Å²) in [7, 11) is 0. The molecule has 0 radical (unpaired) electrons. The molecule has 1 fully saturated rings. The van der Waals surface area contributed by atoms with Crippen molar-refractivity contribution < 1.29 is 39.0 Å². The number of ether oxygens (including phenoxy) is 1. The number of nitriles is 1. The van der Waals surface area contributed by atoms with E-state index in [-0.39, 0.29) is 40.3 Å². The molecule has 0 aliphatic carbocycles. The van der Waals surface area contributed by atoms with Crippen LogP contribution in [0.15, 0.2) is 82.5 Å². The van der Waals surface area contributed by atoms with Crippen molar-refractivity contribution in [1.82, 2.24) is 19.6 Å². The second-order valence-electron chi connectivity index (χ2n) is 12.0. The van der Waals surface area contributed by atoms with Crippen molar-refractivity contribution in [3.8, 4) is 11.9 Å². The van der Waals surface area contributed by atoms with Gasteiger partial charge >= 0.3 is 11.9 Å². The van der Waals surface area contributed by atoms with Gasteiger partial charge in [-0.3, -0.25) is 14.5 Å². The van der Waals surface area contributed by atoms with Crippen LogP contribution in [0.3, 0.4) is 0 Å². The van der Waals surface area contributed by atoms with E-state index in [2.05, 4.69) is 31.2 Å². The first-order valence-corrected chi connectivity index (χ1v) is 18.4. The number of aromatic nitrogens is 2. The molecule has 2 atom stereocenters. The number of benzene rings is 2. The number of nitrogen functional groups attached to an aromatic ring is 1. The molecule has 0 bridgehead atoms. The lowest BCUT2D eigenvalue weighted by Crippen LogP contribution is -2.71. The van der Waals surface area contributed by atoms with Gasteiger partial charge in [0.25, 0.3) is 11.8 Å². The summed E-state index contributed by atoms with van der Waals surface area (Å²) < 4.78 is 10.7. The van der Waals surface area contributed by atoms with Crippen LogP contribution in [0, 0.1) is 11.3 Å². The largest absolute Gasteiger partial charge is 0.478 e. The predicted octanol–water partition coefficient (Wildman–Crippen LogP) is 3.66. The second-order valence-corrected chi connectivity index (χ2v) is 14.8. The molecule has 2 aliphatic rings. The number of carboxylic acids is 2. The van der Waals surface area contributed by atoms with Gasteiger partial charge in [-0.2, -0.15) is 9.64 Å². The Morgan fingerprint density at radius 1 is 1.13 bits per heavy atom. The van der Waals surface area contributed by atoms with E-state index in [4.69, 9.17) is 15.3 Å². The highest BCUT2D eigenvalue weighted by atomic mass is 32.2. The van der Waals surface area contributed by atoms with Crippen molar-refractivity contribution in [3.05, 3.63) is 99.7 Å². The van der Waals surface area contributed by atoms with E-state index in [1.807, 2.05) is 60.7 Å². The SMILES string of the molecule is CC(C)(O/N=C(\C(=O)NC1C(=O)N2C(C(=O)O)=C(CNc3snc(OC(c4ccccc4)c4ccccc4)c3C#N)CS[C@@H]12)c1csc(N)n1)C(=O)O. The molecule has 1 saturated heterocycles. The summed E-state index contributed by atoms with van der Waals surface area (Å²) in [5.74, 6) is -4.00. The molecule has 1 unspecified atom stereocenters. The molecule has 2 aromatic heterocycles. The molecular weight excluding hydrogens is 745 g/mol. The number of carbonyl (C=O) groups is 4. The van der Waals surface area contributed by atoms with Crippen molar-refractivity contribution in [1.29, 1.82) is 5.26 Å². The molecule has 53 heavy (non-hydrogen) atoms. The summed E-state index contributed by atoms with van der Waals surface area (Å²) in [6.45, 7) is 2.44. The van der Waals surface area contributed by atoms with E-state index in [9.17, 15) is 34.7 Å². The molecule has 16 nitrogen and oxygen atoms in total. The van der Waals surface area contributed by atoms with Crippen LogP contribution in [0.5, 0.6) is 5.88 Å². The highest BCUT2D eigenvalue weighted by Crippen LogP contribution is 2.41. The summed E-state index contributed by atoms with van der Waals surface area (Å²) >= 11 is 3.22. The number of rotatable bonds is 14. The van der Waals surface area contributed by atoms with Gasteiger partial charge in [0.2, 0.25) is 11.5 Å². The van der Waals surface area contributed by atoms with E-state index in [0.717, 1.165) is 38.9 Å². The number of thioether (sulfide) groups is 1. The van der Waals surface area contributed by atoms with E-state index in [1.165, 1.54) is 31.0 Å². The van der Waals surface area contributed by atoms with Crippen molar-refractivity contribution in [3.63, 3.8) is 0 Å². The number of hydrogen-bond acceptors (Lipinski definition) is 15. The molecule has 0 saturated carbocycles. The fraction of sp³-hybridized carbons (Fsp3) is 0.235. The minimum Gasteiger partial charge on any atom is -0.478 e. The molecule has 6 rings (SSSR count). The molecule has 4 aromatic rings. The molecule has 19 heteroatoms. The number of nitrogens with zero attached hydrogens (tertiary/aromatic N) is 5. The number of nitrogens with one attached hydrogen (secondary N) is 2. The van der Waals surface area contributed by atoms with Gasteiger partial charge in [0, 0.05) is 17.7 Å². The number of fused-ring (bicyclic) bond motifs is 1. The summed E-state index contributed by atoms with van der Waals surface area (Å²) in [5, 5.41) is 40.2. The van der Waals surface area contributed by atoms with E-state index in [0.29, 0.717) is 10.6 Å². The Hall–Kier alpha value is -5.97. The van der Waals surface area contributed by atoms with Gasteiger partial charge in [0.05, 0.1) is 0 Å².